The Bertz CT molecular complexity index is 1290. The van der Waals surface area contributed by atoms with Crippen LogP contribution in [-0.2, 0) is 25.3 Å². The van der Waals surface area contributed by atoms with E-state index < -0.39 is 18.5 Å². The molecule has 174 valence electrons. The van der Waals surface area contributed by atoms with Crippen LogP contribution in [-0.4, -0.2) is 35.7 Å². The predicted molar refractivity (Wildman–Crippen MR) is 131 cm³/mol. The van der Waals surface area contributed by atoms with Crippen molar-refractivity contribution in [3.05, 3.63) is 83.9 Å². The van der Waals surface area contributed by atoms with E-state index in [1.165, 1.54) is 0 Å². The second-order valence-electron chi connectivity index (χ2n) is 8.61. The number of hydrogen-bond donors (Lipinski definition) is 2. The van der Waals surface area contributed by atoms with Gasteiger partial charge >= 0.3 is 25.3 Å². The van der Waals surface area contributed by atoms with Crippen molar-refractivity contribution in [1.82, 2.24) is 0 Å². The van der Waals surface area contributed by atoms with Crippen molar-refractivity contribution in [1.29, 1.82) is 0 Å². The third-order valence-corrected chi connectivity index (χ3v) is 5.37. The monoisotopic (exact) mass is 626 g/mol. The van der Waals surface area contributed by atoms with Crippen molar-refractivity contribution < 1.29 is 35.5 Å². The Morgan fingerprint density at radius 3 is 1.50 bits per heavy atom. The Hall–Kier alpha value is -3.37. The molecule has 2 N–H and O–H groups in total. The molecule has 0 spiro atoms. The van der Waals surface area contributed by atoms with Gasteiger partial charge in [-0.15, -0.1) is 0 Å². The molecule has 4 aromatic carbocycles. The van der Waals surface area contributed by atoms with Gasteiger partial charge in [-0.05, 0) is 33.7 Å². The summed E-state index contributed by atoms with van der Waals surface area (Å²) in [5.41, 5.74) is 1.30. The van der Waals surface area contributed by atoms with E-state index in [9.17, 15) is 10.2 Å². The van der Waals surface area contributed by atoms with Crippen LogP contribution in [0.2, 0.25) is 0 Å². The van der Waals surface area contributed by atoms with Gasteiger partial charge in [0.05, 0.1) is 0 Å². The minimum atomic E-state index is -2.25. The molecule has 0 bridgehead atoms. The molecule has 0 radical (unpaired) electrons. The van der Waals surface area contributed by atoms with Crippen LogP contribution in [0.15, 0.2) is 82.8 Å². The summed E-state index contributed by atoms with van der Waals surface area (Å²) in [5, 5.41) is 24.7. The molecule has 0 unspecified atom stereocenters. The Kier molecular flexibility index (Phi) is 8.66. The van der Waals surface area contributed by atoms with E-state index in [1.807, 2.05) is 60.7 Å². The fourth-order valence-electron chi connectivity index (χ4n) is 3.66. The predicted octanol–water partition coefficient (Wildman–Crippen LogP) is 5.73. The zero-order valence-corrected chi connectivity index (χ0v) is 21.9. The van der Waals surface area contributed by atoms with Gasteiger partial charge in [-0.2, -0.15) is 0 Å². The van der Waals surface area contributed by atoms with Gasteiger partial charge in [-0.25, -0.2) is 0 Å². The second kappa shape index (κ2) is 11.7. The maximum absolute atomic E-state index is 10.3. The van der Waals surface area contributed by atoms with Crippen molar-refractivity contribution >= 4 is 34.0 Å². The number of hydrogen-bond acceptors (Lipinski definition) is 6. The average Bonchev–Trinajstić information content (AvgIpc) is 2.82. The van der Waals surface area contributed by atoms with E-state index in [4.69, 9.17) is 6.80 Å². The molecule has 0 aliphatic carbocycles. The number of nitrogens with zero attached hydrogens (tertiary/aromatic N) is 2. The van der Waals surface area contributed by atoms with Gasteiger partial charge in [0.2, 0.25) is 0 Å². The number of phenols is 2. The number of benzene rings is 4. The first kappa shape index (κ1) is 25.3. The van der Waals surface area contributed by atoms with E-state index >= 15 is 0 Å². The summed E-state index contributed by atoms with van der Waals surface area (Å²) in [6.45, 7) is 5.34. The fraction of sp³-hybridized carbons (Fsp3) is 0.185. The molecule has 0 atom stereocenters. The Balaban J connectivity index is 0.00000103. The van der Waals surface area contributed by atoms with Crippen LogP contribution >= 0.6 is 0 Å². The molecule has 0 fully saturated rings. The quantitative estimate of drug-likeness (QED) is 0.267. The zero-order valence-electron chi connectivity index (χ0n) is 19.0. The Labute approximate surface area is 206 Å². The number of phenolic OH excluding ortho intramolecular Hbond substituents is 2. The van der Waals surface area contributed by atoms with E-state index in [0.29, 0.717) is 13.1 Å². The van der Waals surface area contributed by atoms with Crippen LogP contribution < -0.4 is 0 Å². The average molecular weight is 626 g/mol. The third-order valence-electron chi connectivity index (χ3n) is 5.37. The van der Waals surface area contributed by atoms with Crippen molar-refractivity contribution in [3.8, 4) is 11.5 Å². The van der Waals surface area contributed by atoms with Gasteiger partial charge in [0.25, 0.3) is 0 Å². The molecule has 4 rings (SSSR count). The molecular formula is C27H26N2O4W. The van der Waals surface area contributed by atoms with E-state index in [2.05, 4.69) is 23.8 Å². The van der Waals surface area contributed by atoms with Crippen LogP contribution in [0.4, 0.5) is 0 Å². The molecule has 34 heavy (non-hydrogen) atoms. The van der Waals surface area contributed by atoms with Crippen molar-refractivity contribution in [2.75, 3.05) is 13.1 Å². The first-order chi connectivity index (χ1) is 16.4. The first-order valence-corrected chi connectivity index (χ1v) is 13.1. The molecule has 0 heterocycles. The summed E-state index contributed by atoms with van der Waals surface area (Å²) < 4.78 is 17.1. The number of rotatable bonds is 6. The summed E-state index contributed by atoms with van der Waals surface area (Å²) in [4.78, 5) is 9.22. The van der Waals surface area contributed by atoms with E-state index in [-0.39, 0.29) is 16.9 Å². The standard InChI is InChI=1S/C27H26N2O2.2O.W/c1-27(2,17-28-15-23-21-9-5-3-7-19(21)11-13-25(23)30)18-29-16-24-22-10-6-4-8-20(22)12-14-26(24)31;;;/h3-16,30-31H,17-18H2,1-2H3;;;. The third kappa shape index (κ3) is 6.36. The minimum absolute atomic E-state index is 0.173. The van der Waals surface area contributed by atoms with Crippen molar-refractivity contribution in [2.24, 2.45) is 15.4 Å². The molecule has 0 aliphatic heterocycles. The summed E-state index contributed by atoms with van der Waals surface area (Å²) in [6.07, 6.45) is 3.50. The van der Waals surface area contributed by atoms with Crippen LogP contribution in [0.5, 0.6) is 11.5 Å². The van der Waals surface area contributed by atoms with Crippen LogP contribution in [0.1, 0.15) is 25.0 Å². The fourth-order valence-corrected chi connectivity index (χ4v) is 3.66. The van der Waals surface area contributed by atoms with E-state index in [0.717, 1.165) is 32.7 Å². The molecule has 0 aliphatic rings. The topological polar surface area (TPSA) is 99.3 Å². The molecule has 4 aromatic rings. The number of aromatic hydroxyl groups is 2. The molecular weight excluding hydrogens is 600 g/mol. The summed E-state index contributed by atoms with van der Waals surface area (Å²) in [5.74, 6) is 0.453. The SMILES string of the molecule is CC(C)(CN=Cc1c(O)ccc2ccccc12)CN=Cc1c(O)ccc2ccccc12.[O]=[W]=[O]. The summed E-state index contributed by atoms with van der Waals surface area (Å²) in [7, 11) is 0. The summed E-state index contributed by atoms with van der Waals surface area (Å²) in [6, 6.07) is 23.1. The van der Waals surface area contributed by atoms with Gasteiger partial charge in [0.15, 0.2) is 0 Å². The first-order valence-electron chi connectivity index (χ1n) is 10.7. The number of fused-ring (bicyclic) bond motifs is 2. The van der Waals surface area contributed by atoms with Crippen molar-refractivity contribution in [3.63, 3.8) is 0 Å². The zero-order chi connectivity index (χ0) is 24.6. The van der Waals surface area contributed by atoms with Gasteiger partial charge in [0.1, 0.15) is 11.5 Å². The maximum atomic E-state index is 10.3. The molecule has 0 saturated heterocycles. The Morgan fingerprint density at radius 2 is 1.09 bits per heavy atom. The normalized spacial score (nSPS) is 11.7. The molecule has 6 nitrogen and oxygen atoms in total. The molecule has 0 aromatic heterocycles. The van der Waals surface area contributed by atoms with Crippen LogP contribution in [0.3, 0.4) is 0 Å². The van der Waals surface area contributed by atoms with Crippen molar-refractivity contribution in [2.45, 2.75) is 13.8 Å². The van der Waals surface area contributed by atoms with Crippen LogP contribution in [0.25, 0.3) is 21.5 Å². The van der Waals surface area contributed by atoms with Gasteiger partial charge in [0, 0.05) is 42.1 Å². The Morgan fingerprint density at radius 1 is 0.706 bits per heavy atom. The van der Waals surface area contributed by atoms with E-state index in [1.54, 1.807) is 24.6 Å². The second-order valence-corrected chi connectivity index (χ2v) is 9.10. The number of aliphatic imine (C=N–C) groups is 2. The van der Waals surface area contributed by atoms with Crippen LogP contribution in [0, 0.1) is 5.41 Å². The molecule has 0 saturated carbocycles. The van der Waals surface area contributed by atoms with Gasteiger partial charge in [-0.1, -0.05) is 74.5 Å². The summed E-state index contributed by atoms with van der Waals surface area (Å²) >= 11 is -2.25. The molecule has 0 amide bonds. The van der Waals surface area contributed by atoms with Gasteiger partial charge in [-0.3, -0.25) is 9.98 Å². The van der Waals surface area contributed by atoms with Gasteiger partial charge < -0.3 is 10.2 Å². The molecule has 7 heteroatoms.